The summed E-state index contributed by atoms with van der Waals surface area (Å²) in [6.45, 7) is 0. The monoisotopic (exact) mass is 286 g/mol. The molecule has 2 rings (SSSR count). The summed E-state index contributed by atoms with van der Waals surface area (Å²) in [6.07, 6.45) is 3.79. The third kappa shape index (κ3) is 3.10. The second kappa shape index (κ2) is 5.66. The lowest BCUT2D eigenvalue weighted by Gasteiger charge is -2.33. The van der Waals surface area contributed by atoms with Gasteiger partial charge in [-0.1, -0.05) is 0 Å². The molecule has 8 heteroatoms. The first-order valence-corrected chi connectivity index (χ1v) is 6.44. The van der Waals surface area contributed by atoms with Crippen LogP contribution in [0.4, 0.5) is 11.5 Å². The van der Waals surface area contributed by atoms with Crippen molar-refractivity contribution in [2.45, 2.75) is 37.8 Å². The van der Waals surface area contributed by atoms with E-state index in [0.29, 0.717) is 12.8 Å². The summed E-state index contributed by atoms with van der Waals surface area (Å²) in [6, 6.07) is 0.119. The highest BCUT2D eigenvalue weighted by atomic mass is 35.5. The molecule has 0 bridgehead atoms. The summed E-state index contributed by atoms with van der Waals surface area (Å²) in [5.41, 5.74) is -0.155. The van der Waals surface area contributed by atoms with E-state index in [1.807, 2.05) is 0 Å². The molecule has 0 unspecified atom stereocenters. The van der Waals surface area contributed by atoms with Crippen molar-refractivity contribution in [3.05, 3.63) is 21.6 Å². The average molecular weight is 287 g/mol. The standard InChI is InChI=1S/C11H15ClN4O3/c1-15(7-2-4-8(17)5-3-7)10-9(16(18)19)6-13-11(12)14-10/h6-8,17H,2-5H2,1H3/t7-,8-. The number of halogens is 1. The van der Waals surface area contributed by atoms with Crippen molar-refractivity contribution < 1.29 is 10.0 Å². The fraction of sp³-hybridized carbons (Fsp3) is 0.636. The van der Waals surface area contributed by atoms with Crippen LogP contribution in [0.3, 0.4) is 0 Å². The van der Waals surface area contributed by atoms with E-state index in [-0.39, 0.29) is 28.9 Å². The number of aromatic nitrogens is 2. The Balaban J connectivity index is 2.25. The van der Waals surface area contributed by atoms with E-state index >= 15 is 0 Å². The van der Waals surface area contributed by atoms with Gasteiger partial charge in [0, 0.05) is 13.1 Å². The molecule has 7 nitrogen and oxygen atoms in total. The molecule has 1 aliphatic carbocycles. The van der Waals surface area contributed by atoms with Gasteiger partial charge < -0.3 is 10.0 Å². The van der Waals surface area contributed by atoms with Crippen molar-refractivity contribution in [1.29, 1.82) is 0 Å². The molecule has 0 saturated heterocycles. The zero-order chi connectivity index (χ0) is 14.0. The summed E-state index contributed by atoms with van der Waals surface area (Å²) < 4.78 is 0. The number of nitrogens with zero attached hydrogens (tertiary/aromatic N) is 4. The molecule has 1 fully saturated rings. The minimum atomic E-state index is -0.514. The number of aliphatic hydroxyl groups is 1. The van der Waals surface area contributed by atoms with Gasteiger partial charge >= 0.3 is 5.69 Å². The highest BCUT2D eigenvalue weighted by Gasteiger charge is 2.28. The van der Waals surface area contributed by atoms with Crippen molar-refractivity contribution in [2.75, 3.05) is 11.9 Å². The summed E-state index contributed by atoms with van der Waals surface area (Å²) in [7, 11) is 1.76. The molecule has 1 heterocycles. The lowest BCUT2D eigenvalue weighted by Crippen LogP contribution is -2.37. The van der Waals surface area contributed by atoms with Crippen LogP contribution in [0.1, 0.15) is 25.7 Å². The third-order valence-corrected chi connectivity index (χ3v) is 3.65. The second-order valence-corrected chi connectivity index (χ2v) is 5.02. The Morgan fingerprint density at radius 3 is 2.68 bits per heavy atom. The molecule has 0 atom stereocenters. The summed E-state index contributed by atoms with van der Waals surface area (Å²) in [5.74, 6) is 0.228. The molecule has 1 N–H and O–H groups in total. The van der Waals surface area contributed by atoms with Crippen LogP contribution in [-0.4, -0.2) is 39.2 Å². The molecular weight excluding hydrogens is 272 g/mol. The normalized spacial score (nSPS) is 23.1. The molecule has 0 amide bonds. The fourth-order valence-corrected chi connectivity index (χ4v) is 2.48. The van der Waals surface area contributed by atoms with E-state index in [1.165, 1.54) is 0 Å². The van der Waals surface area contributed by atoms with Crippen LogP contribution < -0.4 is 4.90 Å². The molecule has 1 aromatic rings. The van der Waals surface area contributed by atoms with E-state index < -0.39 is 4.92 Å². The molecule has 19 heavy (non-hydrogen) atoms. The van der Waals surface area contributed by atoms with Crippen molar-refractivity contribution in [3.63, 3.8) is 0 Å². The molecule has 104 valence electrons. The molecule has 0 aromatic carbocycles. The first kappa shape index (κ1) is 14.0. The second-order valence-electron chi connectivity index (χ2n) is 4.68. The molecule has 1 saturated carbocycles. The Morgan fingerprint density at radius 2 is 2.11 bits per heavy atom. The van der Waals surface area contributed by atoms with Gasteiger partial charge in [-0.3, -0.25) is 10.1 Å². The molecule has 1 aliphatic rings. The van der Waals surface area contributed by atoms with E-state index in [1.54, 1.807) is 11.9 Å². The molecule has 0 aliphatic heterocycles. The number of nitro groups is 1. The van der Waals surface area contributed by atoms with Crippen LogP contribution in [0.15, 0.2) is 6.20 Å². The SMILES string of the molecule is CN(c1nc(Cl)ncc1[N+](=O)[O-])[C@H]1CC[C@H](O)CC1. The number of hydrogen-bond acceptors (Lipinski definition) is 6. The van der Waals surface area contributed by atoms with Gasteiger partial charge in [0.25, 0.3) is 0 Å². The van der Waals surface area contributed by atoms with E-state index in [0.717, 1.165) is 19.0 Å². The Morgan fingerprint density at radius 1 is 1.47 bits per heavy atom. The number of anilines is 1. The van der Waals surface area contributed by atoms with Gasteiger partial charge in [-0.15, -0.1) is 0 Å². The quantitative estimate of drug-likeness (QED) is 0.517. The van der Waals surface area contributed by atoms with Gasteiger partial charge in [0.2, 0.25) is 11.1 Å². The zero-order valence-electron chi connectivity index (χ0n) is 10.5. The van der Waals surface area contributed by atoms with Crippen LogP contribution in [0.2, 0.25) is 5.28 Å². The fourth-order valence-electron chi connectivity index (χ4n) is 2.35. The largest absolute Gasteiger partial charge is 0.393 e. The Kier molecular flexibility index (Phi) is 4.16. The molecular formula is C11H15ClN4O3. The maximum atomic E-state index is 11.0. The lowest BCUT2D eigenvalue weighted by atomic mass is 9.92. The molecule has 0 radical (unpaired) electrons. The summed E-state index contributed by atoms with van der Waals surface area (Å²) in [4.78, 5) is 19.8. The summed E-state index contributed by atoms with van der Waals surface area (Å²) in [5, 5.41) is 20.5. The van der Waals surface area contributed by atoms with E-state index in [4.69, 9.17) is 11.6 Å². The first-order chi connectivity index (χ1) is 8.99. The Labute approximate surface area is 115 Å². The molecule has 0 spiro atoms. The molecule has 1 aromatic heterocycles. The Hall–Kier alpha value is -1.47. The van der Waals surface area contributed by atoms with Crippen LogP contribution in [0, 0.1) is 10.1 Å². The van der Waals surface area contributed by atoms with Crippen LogP contribution in [0.25, 0.3) is 0 Å². The maximum Gasteiger partial charge on any atom is 0.329 e. The number of aliphatic hydroxyl groups excluding tert-OH is 1. The predicted octanol–water partition coefficient (Wildman–Crippen LogP) is 1.78. The highest BCUT2D eigenvalue weighted by molar-refractivity contribution is 6.28. The van der Waals surface area contributed by atoms with Gasteiger partial charge in [0.15, 0.2) is 0 Å². The minimum Gasteiger partial charge on any atom is -0.393 e. The maximum absolute atomic E-state index is 11.0. The van der Waals surface area contributed by atoms with Gasteiger partial charge in [0.1, 0.15) is 6.20 Å². The van der Waals surface area contributed by atoms with Gasteiger partial charge in [0.05, 0.1) is 11.0 Å². The van der Waals surface area contributed by atoms with Gasteiger partial charge in [-0.2, -0.15) is 4.98 Å². The Bertz CT molecular complexity index is 477. The van der Waals surface area contributed by atoms with Crippen LogP contribution in [-0.2, 0) is 0 Å². The van der Waals surface area contributed by atoms with E-state index in [9.17, 15) is 15.2 Å². The van der Waals surface area contributed by atoms with Crippen molar-refractivity contribution in [2.24, 2.45) is 0 Å². The van der Waals surface area contributed by atoms with Crippen molar-refractivity contribution >= 4 is 23.1 Å². The van der Waals surface area contributed by atoms with Crippen molar-refractivity contribution in [1.82, 2.24) is 9.97 Å². The van der Waals surface area contributed by atoms with Crippen LogP contribution in [0.5, 0.6) is 0 Å². The minimum absolute atomic E-state index is 0.0108. The first-order valence-electron chi connectivity index (χ1n) is 6.07. The summed E-state index contributed by atoms with van der Waals surface area (Å²) >= 11 is 5.72. The van der Waals surface area contributed by atoms with Crippen molar-refractivity contribution in [3.8, 4) is 0 Å². The highest BCUT2D eigenvalue weighted by Crippen LogP contribution is 2.31. The topological polar surface area (TPSA) is 92.4 Å². The average Bonchev–Trinajstić information content (AvgIpc) is 2.38. The van der Waals surface area contributed by atoms with E-state index in [2.05, 4.69) is 9.97 Å². The number of hydrogen-bond donors (Lipinski definition) is 1. The third-order valence-electron chi connectivity index (χ3n) is 3.47. The van der Waals surface area contributed by atoms with Gasteiger partial charge in [-0.05, 0) is 37.3 Å². The number of rotatable bonds is 3. The zero-order valence-corrected chi connectivity index (χ0v) is 11.2. The van der Waals surface area contributed by atoms with Gasteiger partial charge in [-0.25, -0.2) is 4.98 Å². The predicted molar refractivity (Wildman–Crippen MR) is 70.4 cm³/mol. The smallest absolute Gasteiger partial charge is 0.329 e. The van der Waals surface area contributed by atoms with Crippen LogP contribution >= 0.6 is 11.6 Å². The lowest BCUT2D eigenvalue weighted by molar-refractivity contribution is -0.384.